The van der Waals surface area contributed by atoms with Gasteiger partial charge in [-0.1, -0.05) is 64.3 Å². The molecule has 1 nitrogen and oxygen atoms in total. The number of hydrogen-bond acceptors (Lipinski definition) is 1. The van der Waals surface area contributed by atoms with E-state index in [1.807, 2.05) is 0 Å². The van der Waals surface area contributed by atoms with Gasteiger partial charge in [-0.2, -0.15) is 0 Å². The van der Waals surface area contributed by atoms with Gasteiger partial charge in [-0.25, -0.2) is 0 Å². The van der Waals surface area contributed by atoms with Crippen molar-refractivity contribution in [1.29, 1.82) is 0 Å². The third-order valence-electron chi connectivity index (χ3n) is 3.81. The van der Waals surface area contributed by atoms with Gasteiger partial charge in [0.25, 0.3) is 0 Å². The zero-order valence-electron chi connectivity index (χ0n) is 11.9. The van der Waals surface area contributed by atoms with E-state index < -0.39 is 0 Å². The van der Waals surface area contributed by atoms with E-state index in [1.165, 1.54) is 51.6 Å². The fourth-order valence-corrected chi connectivity index (χ4v) is 20.9. The molecule has 1 unspecified atom stereocenters. The standard InChI is InChI=1S/C12H30OSi3.Zn/c1-2-3-4-5-6-7-8-9-11-16-12-10-13-14-15-16;/h16H,2-12,14-15H2,1H3;. The first-order chi connectivity index (χ1) is 7.93. The molecule has 1 heterocycles. The average molecular weight is 340 g/mol. The van der Waals surface area contributed by atoms with E-state index in [0.29, 0.717) is 8.55 Å². The van der Waals surface area contributed by atoms with Gasteiger partial charge in [-0.3, -0.25) is 0 Å². The molecule has 0 saturated carbocycles. The molecule has 17 heavy (non-hydrogen) atoms. The molecule has 0 spiro atoms. The molecule has 0 aromatic carbocycles. The molecule has 0 amide bonds. The predicted molar refractivity (Wildman–Crippen MR) is 82.4 cm³/mol. The molecule has 0 aromatic rings. The van der Waals surface area contributed by atoms with Gasteiger partial charge in [0.05, 0.1) is 0 Å². The molecule has 1 aliphatic heterocycles. The Hall–Kier alpha value is 1.23. The molecular formula is C12H30OSi3Zn. The second-order valence-electron chi connectivity index (χ2n) is 5.32. The van der Waals surface area contributed by atoms with Crippen molar-refractivity contribution in [2.45, 2.75) is 70.4 Å². The molecule has 5 heteroatoms. The maximum absolute atomic E-state index is 5.62. The van der Waals surface area contributed by atoms with Gasteiger partial charge in [0, 0.05) is 43.0 Å². The first kappa shape index (κ1) is 18.2. The van der Waals surface area contributed by atoms with Crippen LogP contribution in [0.3, 0.4) is 0 Å². The summed E-state index contributed by atoms with van der Waals surface area (Å²) in [7, 11) is 0.415. The van der Waals surface area contributed by atoms with Crippen LogP contribution >= 0.6 is 0 Å². The Morgan fingerprint density at radius 2 is 1.65 bits per heavy atom. The third kappa shape index (κ3) is 10.8. The van der Waals surface area contributed by atoms with Crippen molar-refractivity contribution < 1.29 is 23.9 Å². The number of rotatable bonds is 9. The minimum Gasteiger partial charge on any atom is -0.428 e. The summed E-state index contributed by atoms with van der Waals surface area (Å²) in [6.45, 7) is 3.47. The summed E-state index contributed by atoms with van der Waals surface area (Å²) in [4.78, 5) is 0. The summed E-state index contributed by atoms with van der Waals surface area (Å²) < 4.78 is 5.62. The molecule has 0 aliphatic carbocycles. The van der Waals surface area contributed by atoms with Crippen molar-refractivity contribution in [3.05, 3.63) is 0 Å². The minimum atomic E-state index is -0.121. The first-order valence-electron chi connectivity index (χ1n) is 7.51. The zero-order chi connectivity index (χ0) is 11.5. The van der Waals surface area contributed by atoms with Crippen LogP contribution in [0.5, 0.6) is 0 Å². The summed E-state index contributed by atoms with van der Waals surface area (Å²) >= 11 is 0. The molecule has 1 aliphatic rings. The van der Waals surface area contributed by atoms with E-state index >= 15 is 0 Å². The maximum atomic E-state index is 5.62. The molecule has 98 valence electrons. The van der Waals surface area contributed by atoms with Gasteiger partial charge in [0.2, 0.25) is 0 Å². The molecule has 0 aromatic heterocycles. The predicted octanol–water partition coefficient (Wildman–Crippen LogP) is 2.05. The smallest absolute Gasteiger partial charge is 0.140 e. The van der Waals surface area contributed by atoms with Crippen LogP contribution in [0.2, 0.25) is 12.1 Å². The monoisotopic (exact) mass is 338 g/mol. The number of hydrogen-bond donors (Lipinski definition) is 0. The molecular weight excluding hydrogens is 310 g/mol. The van der Waals surface area contributed by atoms with Gasteiger partial charge < -0.3 is 4.43 Å². The van der Waals surface area contributed by atoms with Crippen LogP contribution in [0, 0.1) is 0 Å². The topological polar surface area (TPSA) is 9.23 Å². The Bertz CT molecular complexity index is 155. The fourth-order valence-electron chi connectivity index (χ4n) is 2.60. The molecule has 0 bridgehead atoms. The molecule has 1 fully saturated rings. The first-order valence-corrected chi connectivity index (χ1v) is 17.0. The Kier molecular flexibility index (Phi) is 14.7. The summed E-state index contributed by atoms with van der Waals surface area (Å²) in [6.07, 6.45) is 11.9. The van der Waals surface area contributed by atoms with E-state index in [-0.39, 0.29) is 37.1 Å². The molecule has 1 saturated heterocycles. The van der Waals surface area contributed by atoms with E-state index in [1.54, 1.807) is 18.5 Å². The van der Waals surface area contributed by atoms with Crippen LogP contribution in [0.25, 0.3) is 0 Å². The van der Waals surface area contributed by atoms with Crippen molar-refractivity contribution in [3.8, 4) is 0 Å². The van der Waals surface area contributed by atoms with Crippen molar-refractivity contribution >= 4 is 26.1 Å². The quantitative estimate of drug-likeness (QED) is 0.461. The van der Waals surface area contributed by atoms with Crippen molar-refractivity contribution in [2.24, 2.45) is 0 Å². The summed E-state index contributed by atoms with van der Waals surface area (Å²) in [5.74, 6) is 0. The summed E-state index contributed by atoms with van der Waals surface area (Å²) in [6, 6.07) is 3.24. The normalized spacial score (nSPS) is 22.8. The number of unbranched alkanes of at least 4 members (excludes halogenated alkanes) is 7. The average Bonchev–Trinajstić information content (AvgIpc) is 2.34. The zero-order valence-corrected chi connectivity index (χ0v) is 18.8. The van der Waals surface area contributed by atoms with E-state index in [2.05, 4.69) is 6.92 Å². The largest absolute Gasteiger partial charge is 0.428 e. The van der Waals surface area contributed by atoms with Crippen molar-refractivity contribution in [2.75, 3.05) is 6.61 Å². The van der Waals surface area contributed by atoms with Crippen molar-refractivity contribution in [1.82, 2.24) is 0 Å². The Morgan fingerprint density at radius 1 is 1.00 bits per heavy atom. The maximum Gasteiger partial charge on any atom is 0.140 e. The van der Waals surface area contributed by atoms with Gasteiger partial charge in [-0.15, -0.1) is 0 Å². The molecule has 1 atom stereocenters. The van der Waals surface area contributed by atoms with Gasteiger partial charge in [0.15, 0.2) is 0 Å². The second kappa shape index (κ2) is 13.7. The van der Waals surface area contributed by atoms with Crippen LogP contribution < -0.4 is 0 Å². The van der Waals surface area contributed by atoms with Crippen molar-refractivity contribution in [3.63, 3.8) is 0 Å². The van der Waals surface area contributed by atoms with E-state index in [0.717, 1.165) is 0 Å². The van der Waals surface area contributed by atoms with Crippen LogP contribution in [0.1, 0.15) is 58.3 Å². The van der Waals surface area contributed by atoms with Gasteiger partial charge >= 0.3 is 0 Å². The summed E-state index contributed by atoms with van der Waals surface area (Å²) in [5, 5.41) is 0. The summed E-state index contributed by atoms with van der Waals surface area (Å²) in [5.41, 5.74) is 0. The minimum absolute atomic E-state index is 0. The third-order valence-corrected chi connectivity index (χ3v) is 23.7. The van der Waals surface area contributed by atoms with Gasteiger partial charge in [-0.05, 0) is 6.04 Å². The molecule has 0 radical (unpaired) electrons. The fraction of sp³-hybridized carbons (Fsp3) is 1.00. The van der Waals surface area contributed by atoms with Gasteiger partial charge in [0.1, 0.15) is 9.28 Å². The second-order valence-corrected chi connectivity index (χ2v) is 21.2. The van der Waals surface area contributed by atoms with Crippen LogP contribution in [-0.2, 0) is 23.9 Å². The Morgan fingerprint density at radius 3 is 2.24 bits per heavy atom. The molecule has 1 rings (SSSR count). The van der Waals surface area contributed by atoms with Crippen LogP contribution in [-0.4, -0.2) is 32.8 Å². The van der Waals surface area contributed by atoms with Crippen LogP contribution in [0.15, 0.2) is 0 Å². The Balaban J connectivity index is 0.00000256. The Labute approximate surface area is 127 Å². The van der Waals surface area contributed by atoms with E-state index in [4.69, 9.17) is 4.43 Å². The SMILES string of the molecule is CCCCCCCCCC[SiH]1CCO[SiH2][SiH2]1.[Zn]. The van der Waals surface area contributed by atoms with E-state index in [9.17, 15) is 0 Å². The van der Waals surface area contributed by atoms with Crippen LogP contribution in [0.4, 0.5) is 0 Å². The molecule has 0 N–H and O–H groups in total.